The van der Waals surface area contributed by atoms with Gasteiger partial charge in [0.15, 0.2) is 0 Å². The van der Waals surface area contributed by atoms with Crippen LogP contribution in [-0.4, -0.2) is 44.1 Å². The number of rotatable bonds is 2. The Morgan fingerprint density at radius 3 is 2.14 bits per heavy atom. The van der Waals surface area contributed by atoms with Gasteiger partial charge in [0.25, 0.3) is 0 Å². The third kappa shape index (κ3) is 2.81. The van der Waals surface area contributed by atoms with E-state index in [9.17, 15) is 30.0 Å². The van der Waals surface area contributed by atoms with E-state index in [0.29, 0.717) is 19.3 Å². The lowest BCUT2D eigenvalue weighted by molar-refractivity contribution is -0.224. The third-order valence-corrected chi connectivity index (χ3v) is 13.6. The molecule has 0 aromatic rings. The van der Waals surface area contributed by atoms with Crippen molar-refractivity contribution in [2.24, 2.45) is 50.7 Å². The summed E-state index contributed by atoms with van der Waals surface area (Å²) in [5.41, 5.74) is -2.66. The van der Waals surface area contributed by atoms with Crippen LogP contribution in [0.5, 0.6) is 0 Å². The third-order valence-electron chi connectivity index (χ3n) is 13.6. The molecule has 6 heteroatoms. The molecule has 0 amide bonds. The zero-order chi connectivity index (χ0) is 26.7. The molecular weight excluding hydrogens is 456 g/mol. The standard InChI is InChI=1S/C30H46O6/c1-17-9-14-30(24(34)35)16-15-26(3)18(22(30)29(17,6)36)7-8-19-25(2)12-11-21(31)28(5,23(32)33)20(25)10-13-27(19,26)4/h7,17,19-22,31,36H,8-16H2,1-6H3,(H,32,33)(H,34,35)/t17-,19+,20?,21+,22+,25+,26+,27+,28?,29+,30-/m0/s1. The van der Waals surface area contributed by atoms with Crippen molar-refractivity contribution >= 4 is 11.9 Å². The number of carboxylic acids is 2. The molecule has 0 spiro atoms. The number of hydrogen-bond donors (Lipinski definition) is 4. The number of hydrogen-bond acceptors (Lipinski definition) is 4. The molecule has 0 aliphatic heterocycles. The smallest absolute Gasteiger partial charge is 0.312 e. The average molecular weight is 503 g/mol. The van der Waals surface area contributed by atoms with E-state index < -0.39 is 40.4 Å². The Hall–Kier alpha value is -1.40. The quantitative estimate of drug-likeness (QED) is 0.383. The summed E-state index contributed by atoms with van der Waals surface area (Å²) >= 11 is 0. The molecular formula is C30H46O6. The normalized spacial score (nSPS) is 56.3. The van der Waals surface area contributed by atoms with E-state index in [4.69, 9.17) is 0 Å². The van der Waals surface area contributed by atoms with Gasteiger partial charge in [-0.1, -0.05) is 39.3 Å². The van der Waals surface area contributed by atoms with E-state index in [0.717, 1.165) is 44.1 Å². The fraction of sp³-hybridized carbons (Fsp3) is 0.867. The molecule has 6 nitrogen and oxygen atoms in total. The van der Waals surface area contributed by atoms with Crippen LogP contribution in [0.15, 0.2) is 11.6 Å². The molecule has 5 aliphatic rings. The number of aliphatic hydroxyl groups is 2. The van der Waals surface area contributed by atoms with Gasteiger partial charge in [0.1, 0.15) is 0 Å². The summed E-state index contributed by atoms with van der Waals surface area (Å²) in [7, 11) is 0. The summed E-state index contributed by atoms with van der Waals surface area (Å²) in [5, 5.41) is 43.5. The van der Waals surface area contributed by atoms with Crippen molar-refractivity contribution < 1.29 is 30.0 Å². The summed E-state index contributed by atoms with van der Waals surface area (Å²) in [6.45, 7) is 12.6. The molecule has 4 fully saturated rings. The van der Waals surface area contributed by atoms with Crippen LogP contribution in [0.2, 0.25) is 0 Å². The molecule has 2 unspecified atom stereocenters. The number of carbonyl (C=O) groups is 2. The van der Waals surface area contributed by atoms with E-state index in [1.165, 1.54) is 0 Å². The van der Waals surface area contributed by atoms with Crippen molar-refractivity contribution in [2.45, 2.75) is 111 Å². The Morgan fingerprint density at radius 2 is 1.53 bits per heavy atom. The maximum absolute atomic E-state index is 12.8. The first kappa shape index (κ1) is 26.2. The van der Waals surface area contributed by atoms with E-state index in [-0.39, 0.29) is 34.0 Å². The second-order valence-corrected chi connectivity index (χ2v) is 14.5. The summed E-state index contributed by atoms with van der Waals surface area (Å²) < 4.78 is 0. The van der Waals surface area contributed by atoms with E-state index >= 15 is 0 Å². The highest BCUT2D eigenvalue weighted by molar-refractivity contribution is 5.77. The van der Waals surface area contributed by atoms with Gasteiger partial charge >= 0.3 is 11.9 Å². The second-order valence-electron chi connectivity index (χ2n) is 14.5. The largest absolute Gasteiger partial charge is 0.481 e. The first-order chi connectivity index (χ1) is 16.5. The number of carboxylic acid groups (broad SMARTS) is 2. The van der Waals surface area contributed by atoms with Gasteiger partial charge in [-0.3, -0.25) is 9.59 Å². The topological polar surface area (TPSA) is 115 Å². The lowest BCUT2D eigenvalue weighted by Gasteiger charge is -2.71. The Bertz CT molecular complexity index is 1020. The Labute approximate surface area is 215 Å². The first-order valence-corrected chi connectivity index (χ1v) is 14.1. The van der Waals surface area contributed by atoms with Gasteiger partial charge in [-0.2, -0.15) is 0 Å². The molecule has 0 heterocycles. The van der Waals surface area contributed by atoms with Crippen LogP contribution in [0.1, 0.15) is 99.3 Å². The van der Waals surface area contributed by atoms with Crippen LogP contribution in [0.4, 0.5) is 0 Å². The summed E-state index contributed by atoms with van der Waals surface area (Å²) in [6, 6.07) is 0. The minimum atomic E-state index is -1.16. The highest BCUT2D eigenvalue weighted by Gasteiger charge is 2.72. The van der Waals surface area contributed by atoms with Gasteiger partial charge in [-0.15, -0.1) is 0 Å². The summed E-state index contributed by atoms with van der Waals surface area (Å²) in [5.74, 6) is -1.93. The van der Waals surface area contributed by atoms with Crippen LogP contribution >= 0.6 is 0 Å². The van der Waals surface area contributed by atoms with Gasteiger partial charge in [0, 0.05) is 5.92 Å². The van der Waals surface area contributed by atoms with Crippen LogP contribution < -0.4 is 0 Å². The molecule has 5 aliphatic carbocycles. The summed E-state index contributed by atoms with van der Waals surface area (Å²) in [4.78, 5) is 25.4. The molecule has 0 radical (unpaired) electrons. The zero-order valence-electron chi connectivity index (χ0n) is 22.9. The van der Waals surface area contributed by atoms with Crippen molar-refractivity contribution in [3.63, 3.8) is 0 Å². The van der Waals surface area contributed by atoms with Crippen LogP contribution in [0, 0.1) is 50.7 Å². The average Bonchev–Trinajstić information content (AvgIpc) is 2.79. The van der Waals surface area contributed by atoms with Gasteiger partial charge < -0.3 is 20.4 Å². The maximum atomic E-state index is 12.8. The fourth-order valence-electron chi connectivity index (χ4n) is 10.8. The monoisotopic (exact) mass is 502 g/mol. The predicted octanol–water partition coefficient (Wildman–Crippen LogP) is 5.27. The van der Waals surface area contributed by atoms with Crippen LogP contribution in [0.3, 0.4) is 0 Å². The lowest BCUT2D eigenvalue weighted by atomic mass is 9.33. The van der Waals surface area contributed by atoms with Crippen molar-refractivity contribution in [3.05, 3.63) is 11.6 Å². The Morgan fingerprint density at radius 1 is 0.861 bits per heavy atom. The highest BCUT2D eigenvalue weighted by Crippen LogP contribution is 2.76. The van der Waals surface area contributed by atoms with Crippen molar-refractivity contribution in [1.29, 1.82) is 0 Å². The molecule has 5 rings (SSSR count). The zero-order valence-corrected chi connectivity index (χ0v) is 22.9. The van der Waals surface area contributed by atoms with Gasteiger partial charge in [-0.05, 0) is 106 Å². The molecule has 11 atom stereocenters. The molecule has 0 aromatic carbocycles. The summed E-state index contributed by atoms with van der Waals surface area (Å²) in [6.07, 6.45) is 7.77. The molecule has 0 saturated heterocycles. The van der Waals surface area contributed by atoms with E-state index in [1.54, 1.807) is 6.92 Å². The first-order valence-electron chi connectivity index (χ1n) is 14.1. The maximum Gasteiger partial charge on any atom is 0.312 e. The van der Waals surface area contributed by atoms with E-state index in [2.05, 4.69) is 33.8 Å². The Balaban J connectivity index is 1.64. The molecule has 36 heavy (non-hydrogen) atoms. The van der Waals surface area contributed by atoms with Gasteiger partial charge in [0.05, 0.1) is 22.5 Å². The second kappa shape index (κ2) is 7.59. The van der Waals surface area contributed by atoms with Gasteiger partial charge in [-0.25, -0.2) is 0 Å². The number of fused-ring (bicyclic) bond motifs is 7. The Kier molecular flexibility index (Phi) is 5.53. The SMILES string of the molecule is C[C@H]1CC[C@]2(C(=O)O)CC[C@]3(C)C(=CC[C@@H]4[C@@]5(C)CC[C@@H](O)C(C)(C(=O)O)C5CC[C@]43C)[C@@H]2[C@]1(C)O. The lowest BCUT2D eigenvalue weighted by Crippen LogP contribution is -2.68. The number of aliphatic hydroxyl groups excluding tert-OH is 1. The van der Waals surface area contributed by atoms with Crippen molar-refractivity contribution in [3.8, 4) is 0 Å². The minimum Gasteiger partial charge on any atom is -0.481 e. The molecule has 0 bridgehead atoms. The van der Waals surface area contributed by atoms with Crippen molar-refractivity contribution in [2.75, 3.05) is 0 Å². The van der Waals surface area contributed by atoms with Gasteiger partial charge in [0.2, 0.25) is 0 Å². The van der Waals surface area contributed by atoms with Crippen LogP contribution in [0.25, 0.3) is 0 Å². The van der Waals surface area contributed by atoms with Crippen molar-refractivity contribution in [1.82, 2.24) is 0 Å². The molecule has 4 saturated carbocycles. The van der Waals surface area contributed by atoms with E-state index in [1.807, 2.05) is 6.92 Å². The molecule has 4 N–H and O–H groups in total. The number of allylic oxidation sites excluding steroid dienone is 1. The predicted molar refractivity (Wildman–Crippen MR) is 136 cm³/mol. The molecule has 0 aromatic heterocycles. The molecule has 202 valence electrons. The highest BCUT2D eigenvalue weighted by atomic mass is 16.4. The minimum absolute atomic E-state index is 0.0214. The number of aliphatic carboxylic acids is 2. The van der Waals surface area contributed by atoms with Crippen LogP contribution in [-0.2, 0) is 9.59 Å². The fourth-order valence-corrected chi connectivity index (χ4v) is 10.8.